The Morgan fingerprint density at radius 3 is 2.48 bits per heavy atom. The van der Waals surface area contributed by atoms with Crippen LogP contribution in [0, 0.1) is 17.0 Å². The Hall–Kier alpha value is -2.40. The number of nitro groups is 1. The molecule has 0 heterocycles. The first-order valence-electron chi connectivity index (χ1n) is 6.79. The van der Waals surface area contributed by atoms with Crippen molar-refractivity contribution >= 4 is 5.69 Å². The number of nitrogens with zero attached hydrogens (tertiary/aromatic N) is 1. The molecular weight excluding hydrogens is 268 g/mol. The minimum atomic E-state index is -0.435. The minimum absolute atomic E-state index is 0.0126. The van der Waals surface area contributed by atoms with E-state index in [-0.39, 0.29) is 11.7 Å². The summed E-state index contributed by atoms with van der Waals surface area (Å²) in [5.41, 5.74) is 7.86. The number of benzene rings is 2. The van der Waals surface area contributed by atoms with Crippen LogP contribution in [0.3, 0.4) is 0 Å². The van der Waals surface area contributed by atoms with E-state index in [2.05, 4.69) is 0 Å². The molecule has 110 valence electrons. The first-order valence-corrected chi connectivity index (χ1v) is 6.79. The number of nitro benzene ring substituents is 1. The fourth-order valence-electron chi connectivity index (χ4n) is 1.96. The van der Waals surface area contributed by atoms with Gasteiger partial charge in [-0.15, -0.1) is 0 Å². The zero-order valence-corrected chi connectivity index (χ0v) is 12.1. The van der Waals surface area contributed by atoms with Crippen LogP contribution in [-0.2, 0) is 0 Å². The smallest absolute Gasteiger partial charge is 0.273 e. The predicted molar refractivity (Wildman–Crippen MR) is 81.6 cm³/mol. The van der Waals surface area contributed by atoms with Crippen LogP contribution < -0.4 is 10.5 Å². The molecule has 0 aliphatic rings. The summed E-state index contributed by atoms with van der Waals surface area (Å²) in [6.07, 6.45) is 0.865. The monoisotopic (exact) mass is 286 g/mol. The van der Waals surface area contributed by atoms with E-state index in [4.69, 9.17) is 10.5 Å². The number of ether oxygens (including phenoxy) is 1. The summed E-state index contributed by atoms with van der Waals surface area (Å²) in [6.45, 7) is 3.88. The van der Waals surface area contributed by atoms with Crippen molar-refractivity contribution < 1.29 is 9.66 Å². The summed E-state index contributed by atoms with van der Waals surface area (Å²) in [6, 6.07) is 12.1. The number of non-ortho nitro benzene ring substituents is 1. The van der Waals surface area contributed by atoms with E-state index in [9.17, 15) is 10.1 Å². The van der Waals surface area contributed by atoms with Gasteiger partial charge in [-0.1, -0.05) is 19.1 Å². The highest BCUT2D eigenvalue weighted by molar-refractivity contribution is 5.46. The summed E-state index contributed by atoms with van der Waals surface area (Å²) in [4.78, 5) is 10.4. The lowest BCUT2D eigenvalue weighted by molar-refractivity contribution is -0.384. The second-order valence-corrected chi connectivity index (χ2v) is 4.89. The molecule has 5 heteroatoms. The Labute approximate surface area is 123 Å². The van der Waals surface area contributed by atoms with Crippen LogP contribution in [0.4, 0.5) is 5.69 Å². The zero-order valence-electron chi connectivity index (χ0n) is 12.1. The molecule has 1 atom stereocenters. The largest absolute Gasteiger partial charge is 0.457 e. The summed E-state index contributed by atoms with van der Waals surface area (Å²) < 4.78 is 5.72. The Morgan fingerprint density at radius 1 is 1.24 bits per heavy atom. The van der Waals surface area contributed by atoms with Gasteiger partial charge in [-0.25, -0.2) is 0 Å². The molecule has 2 rings (SSSR count). The van der Waals surface area contributed by atoms with Gasteiger partial charge in [0.2, 0.25) is 0 Å². The topological polar surface area (TPSA) is 78.4 Å². The Kier molecular flexibility index (Phi) is 4.55. The van der Waals surface area contributed by atoms with E-state index in [1.54, 1.807) is 6.07 Å². The van der Waals surface area contributed by atoms with Gasteiger partial charge < -0.3 is 10.5 Å². The van der Waals surface area contributed by atoms with E-state index in [1.165, 1.54) is 12.1 Å². The molecule has 0 aliphatic heterocycles. The minimum Gasteiger partial charge on any atom is -0.457 e. The second-order valence-electron chi connectivity index (χ2n) is 4.89. The van der Waals surface area contributed by atoms with Gasteiger partial charge >= 0.3 is 0 Å². The van der Waals surface area contributed by atoms with Crippen LogP contribution >= 0.6 is 0 Å². The third kappa shape index (κ3) is 3.58. The van der Waals surface area contributed by atoms with Crippen molar-refractivity contribution in [3.8, 4) is 11.5 Å². The van der Waals surface area contributed by atoms with E-state index < -0.39 is 4.92 Å². The average Bonchev–Trinajstić information content (AvgIpc) is 2.49. The van der Waals surface area contributed by atoms with E-state index >= 15 is 0 Å². The molecule has 1 unspecified atom stereocenters. The van der Waals surface area contributed by atoms with Gasteiger partial charge in [0.25, 0.3) is 5.69 Å². The van der Waals surface area contributed by atoms with Gasteiger partial charge in [0.15, 0.2) is 0 Å². The molecule has 0 aromatic heterocycles. The van der Waals surface area contributed by atoms with Crippen LogP contribution in [-0.4, -0.2) is 4.92 Å². The van der Waals surface area contributed by atoms with E-state index in [1.807, 2.05) is 38.1 Å². The number of hydrogen-bond acceptors (Lipinski definition) is 4. The average molecular weight is 286 g/mol. The van der Waals surface area contributed by atoms with Gasteiger partial charge in [0.05, 0.1) is 11.0 Å². The summed E-state index contributed by atoms with van der Waals surface area (Å²) >= 11 is 0. The third-order valence-corrected chi connectivity index (χ3v) is 3.36. The van der Waals surface area contributed by atoms with Crippen LogP contribution in [0.1, 0.15) is 30.5 Å². The molecule has 0 fully saturated rings. The Morgan fingerprint density at radius 2 is 1.90 bits per heavy atom. The molecule has 0 saturated heterocycles. The van der Waals surface area contributed by atoms with Crippen molar-refractivity contribution in [3.05, 3.63) is 63.7 Å². The summed E-state index contributed by atoms with van der Waals surface area (Å²) in [5.74, 6) is 1.11. The lowest BCUT2D eigenvalue weighted by atomic mass is 10.1. The third-order valence-electron chi connectivity index (χ3n) is 3.36. The number of rotatable bonds is 5. The first kappa shape index (κ1) is 15.0. The van der Waals surface area contributed by atoms with E-state index in [0.717, 1.165) is 17.5 Å². The first-order chi connectivity index (χ1) is 10.0. The molecule has 2 aromatic carbocycles. The predicted octanol–water partition coefficient (Wildman–Crippen LogP) is 4.11. The van der Waals surface area contributed by atoms with Gasteiger partial charge in [-0.3, -0.25) is 10.1 Å². The number of nitrogens with two attached hydrogens (primary N) is 1. The molecule has 21 heavy (non-hydrogen) atoms. The highest BCUT2D eigenvalue weighted by Crippen LogP contribution is 2.29. The maximum absolute atomic E-state index is 10.8. The Bertz CT molecular complexity index is 638. The molecular formula is C16H18N2O3. The molecule has 0 aliphatic carbocycles. The van der Waals surface area contributed by atoms with Crippen molar-refractivity contribution in [2.75, 3.05) is 0 Å². The van der Waals surface area contributed by atoms with Gasteiger partial charge in [-0.2, -0.15) is 0 Å². The lowest BCUT2D eigenvalue weighted by Gasteiger charge is -2.11. The summed E-state index contributed by atoms with van der Waals surface area (Å²) in [7, 11) is 0. The molecule has 0 bridgehead atoms. The van der Waals surface area contributed by atoms with E-state index in [0.29, 0.717) is 11.5 Å². The van der Waals surface area contributed by atoms with Crippen LogP contribution in [0.5, 0.6) is 11.5 Å². The van der Waals surface area contributed by atoms with Gasteiger partial charge in [0, 0.05) is 12.1 Å². The zero-order chi connectivity index (χ0) is 15.4. The van der Waals surface area contributed by atoms with Crippen molar-refractivity contribution in [1.29, 1.82) is 0 Å². The molecule has 5 nitrogen and oxygen atoms in total. The molecule has 2 aromatic rings. The van der Waals surface area contributed by atoms with Gasteiger partial charge in [0.1, 0.15) is 11.5 Å². The fraction of sp³-hybridized carbons (Fsp3) is 0.250. The normalized spacial score (nSPS) is 12.0. The summed E-state index contributed by atoms with van der Waals surface area (Å²) in [5, 5.41) is 10.8. The highest BCUT2D eigenvalue weighted by Gasteiger charge is 2.10. The maximum Gasteiger partial charge on any atom is 0.273 e. The van der Waals surface area contributed by atoms with Crippen LogP contribution in [0.15, 0.2) is 42.5 Å². The van der Waals surface area contributed by atoms with Crippen LogP contribution in [0.2, 0.25) is 0 Å². The Balaban J connectivity index is 2.22. The molecule has 0 spiro atoms. The number of aryl methyl sites for hydroxylation is 1. The second kappa shape index (κ2) is 6.37. The maximum atomic E-state index is 10.8. The molecule has 0 amide bonds. The quantitative estimate of drug-likeness (QED) is 0.662. The molecule has 0 radical (unpaired) electrons. The van der Waals surface area contributed by atoms with Crippen molar-refractivity contribution in [2.45, 2.75) is 26.3 Å². The number of hydrogen-bond donors (Lipinski definition) is 1. The molecule has 2 N–H and O–H groups in total. The fourth-order valence-corrected chi connectivity index (χ4v) is 1.96. The lowest BCUT2D eigenvalue weighted by Crippen LogP contribution is -2.08. The standard InChI is InChI=1S/C16H18N2O3/c1-3-15(17)12-5-8-14(9-6-12)21-16-10-13(18(19)20)7-4-11(16)2/h4-10,15H,3,17H2,1-2H3. The highest BCUT2D eigenvalue weighted by atomic mass is 16.6. The van der Waals surface area contributed by atoms with Crippen molar-refractivity contribution in [3.63, 3.8) is 0 Å². The SMILES string of the molecule is CCC(N)c1ccc(Oc2cc([N+](=O)[O-])ccc2C)cc1. The van der Waals surface area contributed by atoms with Gasteiger partial charge in [-0.05, 0) is 42.7 Å². The van der Waals surface area contributed by atoms with Crippen LogP contribution in [0.25, 0.3) is 0 Å². The molecule has 0 saturated carbocycles. The van der Waals surface area contributed by atoms with Crippen molar-refractivity contribution in [2.24, 2.45) is 5.73 Å². The van der Waals surface area contributed by atoms with Crippen molar-refractivity contribution in [1.82, 2.24) is 0 Å².